The normalized spacial score (nSPS) is 14.9. The predicted octanol–water partition coefficient (Wildman–Crippen LogP) is 1.47. The molecule has 0 aliphatic heterocycles. The van der Waals surface area contributed by atoms with E-state index in [4.69, 9.17) is 0 Å². The molecule has 0 amide bonds. The lowest BCUT2D eigenvalue weighted by Crippen LogP contribution is -3.00. The zero-order valence-electron chi connectivity index (χ0n) is 14.4. The van der Waals surface area contributed by atoms with Crippen LogP contribution in [0.4, 0.5) is 0 Å². The topological polar surface area (TPSA) is 20.9 Å². The Balaban J connectivity index is 0.00000208. The van der Waals surface area contributed by atoms with E-state index in [0.717, 1.165) is 12.0 Å². The van der Waals surface area contributed by atoms with Crippen molar-refractivity contribution in [3.8, 4) is 0 Å². The summed E-state index contributed by atoms with van der Waals surface area (Å²) >= 11 is 0. The molecule has 0 bridgehead atoms. The van der Waals surface area contributed by atoms with Gasteiger partial charge in [-0.25, -0.2) is 0 Å². The average Bonchev–Trinajstić information content (AvgIpc) is 2.63. The number of aromatic nitrogens is 1. The number of halogens is 1. The molecular weight excluding hydrogens is 318 g/mol. The smallest absolute Gasteiger partial charge is 0.227 e. The van der Waals surface area contributed by atoms with Crippen LogP contribution in [0.15, 0.2) is 48.8 Å². The number of carbonyl (C=O) groups excluding carboxylic acids is 1. The Morgan fingerprint density at radius 3 is 2.21 bits per heavy atom. The van der Waals surface area contributed by atoms with Gasteiger partial charge >= 0.3 is 0 Å². The molecule has 0 atom stereocenters. The second-order valence-electron chi connectivity index (χ2n) is 6.61. The van der Waals surface area contributed by atoms with Crippen molar-refractivity contribution >= 4 is 5.78 Å². The highest BCUT2D eigenvalue weighted by Crippen LogP contribution is 2.32. The Morgan fingerprint density at radius 2 is 1.62 bits per heavy atom. The minimum Gasteiger partial charge on any atom is -1.00 e. The van der Waals surface area contributed by atoms with E-state index in [1.165, 1.54) is 43.2 Å². The fourth-order valence-electron chi connectivity index (χ4n) is 3.46. The lowest BCUT2D eigenvalue weighted by molar-refractivity contribution is -0.683. The van der Waals surface area contributed by atoms with E-state index < -0.39 is 0 Å². The first kappa shape index (κ1) is 18.7. The number of hydrogen-bond acceptors (Lipinski definition) is 1. The number of rotatable bonds is 5. The lowest BCUT2D eigenvalue weighted by Gasteiger charge is -2.21. The fraction of sp³-hybridized carbons (Fsp3) is 0.429. The number of pyridine rings is 1. The molecule has 0 unspecified atom stereocenters. The van der Waals surface area contributed by atoms with Gasteiger partial charge in [0.1, 0.15) is 0 Å². The molecule has 1 saturated carbocycles. The summed E-state index contributed by atoms with van der Waals surface area (Å²) in [6.45, 7) is 2.55. The molecule has 3 rings (SSSR count). The molecule has 1 aromatic carbocycles. The van der Waals surface area contributed by atoms with Crippen molar-refractivity contribution in [3.63, 3.8) is 0 Å². The van der Waals surface area contributed by atoms with Crippen LogP contribution in [-0.4, -0.2) is 5.78 Å². The monoisotopic (exact) mass is 343 g/mol. The molecule has 3 heteroatoms. The highest BCUT2D eigenvalue weighted by molar-refractivity contribution is 5.95. The van der Waals surface area contributed by atoms with Crippen molar-refractivity contribution in [1.82, 2.24) is 0 Å². The minimum atomic E-state index is 0. The summed E-state index contributed by atoms with van der Waals surface area (Å²) in [4.78, 5) is 12.4. The van der Waals surface area contributed by atoms with E-state index in [1.54, 1.807) is 0 Å². The minimum absolute atomic E-state index is 0. The number of hydrogen-bond donors (Lipinski definition) is 0. The van der Waals surface area contributed by atoms with Gasteiger partial charge in [-0.3, -0.25) is 4.79 Å². The zero-order valence-corrected chi connectivity index (χ0v) is 15.1. The molecule has 1 aromatic heterocycles. The van der Waals surface area contributed by atoms with Gasteiger partial charge in [0.15, 0.2) is 12.4 Å². The summed E-state index contributed by atoms with van der Waals surface area (Å²) in [5.41, 5.74) is 3.52. The van der Waals surface area contributed by atoms with Crippen molar-refractivity contribution in [3.05, 3.63) is 65.5 Å². The number of ketones is 1. The predicted molar refractivity (Wildman–Crippen MR) is 92.6 cm³/mol. The van der Waals surface area contributed by atoms with Gasteiger partial charge in [-0.1, -0.05) is 50.5 Å². The van der Waals surface area contributed by atoms with E-state index in [0.29, 0.717) is 12.5 Å². The molecule has 128 valence electrons. The van der Waals surface area contributed by atoms with Gasteiger partial charge in [0.25, 0.3) is 0 Å². The number of benzene rings is 1. The molecule has 24 heavy (non-hydrogen) atoms. The Morgan fingerprint density at radius 1 is 1.00 bits per heavy atom. The molecule has 1 heterocycles. The van der Waals surface area contributed by atoms with E-state index in [2.05, 4.69) is 31.2 Å². The Kier molecular flexibility index (Phi) is 6.99. The number of carbonyl (C=O) groups is 1. The molecule has 0 saturated heterocycles. The third-order valence-electron chi connectivity index (χ3n) is 5.00. The van der Waals surface area contributed by atoms with E-state index in [1.807, 2.05) is 29.1 Å². The summed E-state index contributed by atoms with van der Waals surface area (Å²) in [5.74, 6) is 0.873. The molecule has 2 nitrogen and oxygen atoms in total. The number of Topliss-reactive ketones (excluding diaryl/α,β-unsaturated/α-hetero) is 1. The van der Waals surface area contributed by atoms with Crippen molar-refractivity contribution < 1.29 is 21.8 Å². The molecule has 0 N–H and O–H groups in total. The van der Waals surface area contributed by atoms with Crippen LogP contribution in [-0.2, 0) is 13.0 Å². The van der Waals surface area contributed by atoms with Gasteiger partial charge in [-0.2, -0.15) is 4.57 Å². The highest BCUT2D eigenvalue weighted by Gasteiger charge is 2.17. The number of nitrogens with zero attached hydrogens (tertiary/aromatic N) is 1. The van der Waals surface area contributed by atoms with Crippen molar-refractivity contribution in [2.75, 3.05) is 0 Å². The van der Waals surface area contributed by atoms with Gasteiger partial charge < -0.3 is 12.4 Å². The summed E-state index contributed by atoms with van der Waals surface area (Å²) in [5, 5.41) is 0. The van der Waals surface area contributed by atoms with Gasteiger partial charge in [-0.05, 0) is 36.3 Å². The van der Waals surface area contributed by atoms with E-state index in [-0.39, 0.29) is 18.2 Å². The highest BCUT2D eigenvalue weighted by atomic mass is 35.5. The van der Waals surface area contributed by atoms with Crippen LogP contribution < -0.4 is 17.0 Å². The zero-order chi connectivity index (χ0) is 16.1. The van der Waals surface area contributed by atoms with Crippen LogP contribution in [0, 0.1) is 0 Å². The Bertz CT molecular complexity index is 643. The van der Waals surface area contributed by atoms with Crippen LogP contribution in [0.2, 0.25) is 0 Å². The lowest BCUT2D eigenvalue weighted by atomic mass is 9.84. The fourth-order valence-corrected chi connectivity index (χ4v) is 3.46. The summed E-state index contributed by atoms with van der Waals surface area (Å²) in [6, 6.07) is 12.5. The van der Waals surface area contributed by atoms with Crippen LogP contribution in [0.5, 0.6) is 0 Å². The van der Waals surface area contributed by atoms with Gasteiger partial charge in [-0.15, -0.1) is 0 Å². The quantitative estimate of drug-likeness (QED) is 0.595. The molecule has 2 aromatic rings. The van der Waals surface area contributed by atoms with Crippen molar-refractivity contribution in [1.29, 1.82) is 0 Å². The second-order valence-corrected chi connectivity index (χ2v) is 6.61. The van der Waals surface area contributed by atoms with E-state index >= 15 is 0 Å². The third-order valence-corrected chi connectivity index (χ3v) is 5.00. The summed E-state index contributed by atoms with van der Waals surface area (Å²) in [6.07, 6.45) is 11.7. The first-order chi connectivity index (χ1) is 11.3. The first-order valence-corrected chi connectivity index (χ1v) is 8.87. The number of aryl methyl sites for hydroxylation is 1. The maximum atomic E-state index is 12.4. The van der Waals surface area contributed by atoms with Gasteiger partial charge in [0.05, 0.1) is 0 Å². The molecular formula is C21H26ClNO. The standard InChI is InChI=1S/C21H26NO.ClH/c1-2-17-12-14-22(15-13-17)16-21(23)20-10-8-19(9-11-20)18-6-4-3-5-7-18;/h8-15,18H,2-7,16H2,1H3;1H/q+1;/p-1. The molecule has 1 aliphatic carbocycles. The van der Waals surface area contributed by atoms with Crippen molar-refractivity contribution in [2.24, 2.45) is 0 Å². The van der Waals surface area contributed by atoms with Crippen LogP contribution in [0.3, 0.4) is 0 Å². The Hall–Kier alpha value is -1.67. The van der Waals surface area contributed by atoms with Crippen LogP contribution in [0.1, 0.15) is 66.4 Å². The SMILES string of the molecule is CCc1cc[n+](CC(=O)c2ccc(C3CCCCC3)cc2)cc1.[Cl-]. The first-order valence-electron chi connectivity index (χ1n) is 8.87. The molecule has 0 spiro atoms. The third kappa shape index (κ3) is 4.67. The van der Waals surface area contributed by atoms with Gasteiger partial charge in [0.2, 0.25) is 12.3 Å². The van der Waals surface area contributed by atoms with E-state index in [9.17, 15) is 4.79 Å². The Labute approximate surface area is 151 Å². The van der Waals surface area contributed by atoms with Crippen molar-refractivity contribution in [2.45, 2.75) is 57.9 Å². The molecule has 0 radical (unpaired) electrons. The maximum Gasteiger partial charge on any atom is 0.227 e. The maximum absolute atomic E-state index is 12.4. The van der Waals surface area contributed by atoms with Gasteiger partial charge in [0, 0.05) is 17.7 Å². The molecule has 1 aliphatic rings. The molecule has 1 fully saturated rings. The summed E-state index contributed by atoms with van der Waals surface area (Å²) in [7, 11) is 0. The largest absolute Gasteiger partial charge is 1.00 e. The van der Waals surface area contributed by atoms with Crippen LogP contribution in [0.25, 0.3) is 0 Å². The summed E-state index contributed by atoms with van der Waals surface area (Å²) < 4.78 is 1.95. The average molecular weight is 344 g/mol. The van der Waals surface area contributed by atoms with Crippen LogP contribution >= 0.6 is 0 Å². The second kappa shape index (κ2) is 8.98.